The third kappa shape index (κ3) is 3.74. The Hall–Kier alpha value is -2.69. The molecule has 0 aliphatic carbocycles. The van der Waals surface area contributed by atoms with Crippen molar-refractivity contribution in [3.8, 4) is 0 Å². The van der Waals surface area contributed by atoms with Crippen LogP contribution in [0.1, 0.15) is 50.6 Å². The second-order valence-electron chi connectivity index (χ2n) is 5.35. The SMILES string of the molecule is COC(=O)c1cc(C(=O)N[C@@H](C)c2ccccc2)c(C)nc1C. The second kappa shape index (κ2) is 7.05. The fourth-order valence-corrected chi connectivity index (χ4v) is 2.37. The minimum absolute atomic E-state index is 0.147. The van der Waals surface area contributed by atoms with Crippen molar-refractivity contribution >= 4 is 11.9 Å². The first-order valence-electron chi connectivity index (χ1n) is 7.36. The maximum Gasteiger partial charge on any atom is 0.339 e. The van der Waals surface area contributed by atoms with Gasteiger partial charge in [0.05, 0.1) is 35.7 Å². The highest BCUT2D eigenvalue weighted by molar-refractivity contribution is 5.99. The first-order valence-corrected chi connectivity index (χ1v) is 7.36. The molecule has 0 aliphatic rings. The number of nitrogens with one attached hydrogen (secondary N) is 1. The molecule has 5 heteroatoms. The van der Waals surface area contributed by atoms with Gasteiger partial charge in [-0.05, 0) is 32.4 Å². The summed E-state index contributed by atoms with van der Waals surface area (Å²) in [6.45, 7) is 5.37. The second-order valence-corrected chi connectivity index (χ2v) is 5.35. The maximum absolute atomic E-state index is 12.5. The van der Waals surface area contributed by atoms with Crippen molar-refractivity contribution < 1.29 is 14.3 Å². The zero-order chi connectivity index (χ0) is 17.0. The van der Waals surface area contributed by atoms with Crippen LogP contribution in [0.25, 0.3) is 0 Å². The third-order valence-corrected chi connectivity index (χ3v) is 3.70. The highest BCUT2D eigenvalue weighted by atomic mass is 16.5. The van der Waals surface area contributed by atoms with Gasteiger partial charge in [-0.2, -0.15) is 0 Å². The van der Waals surface area contributed by atoms with E-state index in [-0.39, 0.29) is 11.9 Å². The number of pyridine rings is 1. The molecule has 0 spiro atoms. The Morgan fingerprint density at radius 3 is 2.30 bits per heavy atom. The van der Waals surface area contributed by atoms with E-state index >= 15 is 0 Å². The van der Waals surface area contributed by atoms with E-state index in [0.717, 1.165) is 5.56 Å². The first kappa shape index (κ1) is 16.7. The normalized spacial score (nSPS) is 11.7. The summed E-state index contributed by atoms with van der Waals surface area (Å²) in [6, 6.07) is 11.1. The Morgan fingerprint density at radius 1 is 1.09 bits per heavy atom. The van der Waals surface area contributed by atoms with Gasteiger partial charge in [0.15, 0.2) is 0 Å². The Labute approximate surface area is 135 Å². The van der Waals surface area contributed by atoms with Crippen LogP contribution < -0.4 is 5.32 Å². The van der Waals surface area contributed by atoms with E-state index in [4.69, 9.17) is 4.74 Å². The summed E-state index contributed by atoms with van der Waals surface area (Å²) in [7, 11) is 1.30. The lowest BCUT2D eigenvalue weighted by Gasteiger charge is -2.16. The van der Waals surface area contributed by atoms with E-state index in [9.17, 15) is 9.59 Å². The molecular weight excluding hydrogens is 292 g/mol. The molecule has 5 nitrogen and oxygen atoms in total. The number of hydrogen-bond donors (Lipinski definition) is 1. The van der Waals surface area contributed by atoms with Crippen LogP contribution >= 0.6 is 0 Å². The van der Waals surface area contributed by atoms with Crippen molar-refractivity contribution in [3.05, 3.63) is 64.5 Å². The number of benzene rings is 1. The van der Waals surface area contributed by atoms with E-state index in [1.807, 2.05) is 37.3 Å². The zero-order valence-electron chi connectivity index (χ0n) is 13.7. The van der Waals surface area contributed by atoms with Crippen molar-refractivity contribution in [2.24, 2.45) is 0 Å². The lowest BCUT2D eigenvalue weighted by molar-refractivity contribution is 0.0599. The summed E-state index contributed by atoms with van der Waals surface area (Å²) in [5, 5.41) is 2.93. The molecule has 0 aliphatic heterocycles. The zero-order valence-corrected chi connectivity index (χ0v) is 13.7. The van der Waals surface area contributed by atoms with Crippen LogP contribution in [-0.4, -0.2) is 24.0 Å². The molecule has 0 saturated heterocycles. The molecule has 0 saturated carbocycles. The molecule has 1 amide bonds. The Balaban J connectivity index is 2.27. The number of hydrogen-bond acceptors (Lipinski definition) is 4. The topological polar surface area (TPSA) is 68.3 Å². The molecule has 0 unspecified atom stereocenters. The smallest absolute Gasteiger partial charge is 0.339 e. The minimum Gasteiger partial charge on any atom is -0.465 e. The van der Waals surface area contributed by atoms with E-state index in [2.05, 4.69) is 10.3 Å². The summed E-state index contributed by atoms with van der Waals surface area (Å²) in [5.41, 5.74) is 2.80. The average molecular weight is 312 g/mol. The number of methoxy groups -OCH3 is 1. The van der Waals surface area contributed by atoms with Crippen molar-refractivity contribution in [1.29, 1.82) is 0 Å². The summed E-state index contributed by atoms with van der Waals surface area (Å²) >= 11 is 0. The highest BCUT2D eigenvalue weighted by Gasteiger charge is 2.19. The van der Waals surface area contributed by atoms with Gasteiger partial charge >= 0.3 is 5.97 Å². The number of carbonyl (C=O) groups excluding carboxylic acids is 2. The van der Waals surface area contributed by atoms with Gasteiger partial charge in [0, 0.05) is 0 Å². The molecule has 2 rings (SSSR count). The third-order valence-electron chi connectivity index (χ3n) is 3.70. The van der Waals surface area contributed by atoms with Gasteiger partial charge in [0.25, 0.3) is 5.91 Å². The summed E-state index contributed by atoms with van der Waals surface area (Å²) < 4.78 is 4.73. The number of aromatic nitrogens is 1. The van der Waals surface area contributed by atoms with Gasteiger partial charge in [0.2, 0.25) is 0 Å². The number of rotatable bonds is 4. The molecule has 23 heavy (non-hydrogen) atoms. The molecule has 1 aromatic carbocycles. The quantitative estimate of drug-likeness (QED) is 0.881. The van der Waals surface area contributed by atoms with E-state index in [1.54, 1.807) is 13.8 Å². The molecule has 1 N–H and O–H groups in total. The summed E-state index contributed by atoms with van der Waals surface area (Å²) in [6.07, 6.45) is 0. The van der Waals surface area contributed by atoms with Crippen molar-refractivity contribution in [2.75, 3.05) is 7.11 Å². The lowest BCUT2D eigenvalue weighted by atomic mass is 10.1. The fraction of sp³-hybridized carbons (Fsp3) is 0.278. The first-order chi connectivity index (χ1) is 10.9. The summed E-state index contributed by atoms with van der Waals surface area (Å²) in [4.78, 5) is 28.6. The number of esters is 1. The van der Waals surface area contributed by atoms with Crippen LogP contribution in [0.2, 0.25) is 0 Å². The predicted octanol–water partition coefficient (Wildman–Crippen LogP) is 2.98. The molecule has 1 atom stereocenters. The highest BCUT2D eigenvalue weighted by Crippen LogP contribution is 2.16. The molecule has 0 bridgehead atoms. The van der Waals surface area contributed by atoms with Crippen molar-refractivity contribution in [3.63, 3.8) is 0 Å². The number of amides is 1. The van der Waals surface area contributed by atoms with E-state index < -0.39 is 5.97 Å². The van der Waals surface area contributed by atoms with Crippen LogP contribution in [0, 0.1) is 13.8 Å². The molecule has 0 radical (unpaired) electrons. The number of ether oxygens (including phenoxy) is 1. The molecule has 2 aromatic rings. The maximum atomic E-state index is 12.5. The average Bonchev–Trinajstić information content (AvgIpc) is 2.54. The molecule has 1 aromatic heterocycles. The van der Waals surface area contributed by atoms with Crippen LogP contribution in [0.3, 0.4) is 0 Å². The predicted molar refractivity (Wildman–Crippen MR) is 87.4 cm³/mol. The van der Waals surface area contributed by atoms with Gasteiger partial charge in [-0.15, -0.1) is 0 Å². The van der Waals surface area contributed by atoms with Crippen LogP contribution in [0.4, 0.5) is 0 Å². The van der Waals surface area contributed by atoms with E-state index in [1.165, 1.54) is 13.2 Å². The van der Waals surface area contributed by atoms with Crippen molar-refractivity contribution in [1.82, 2.24) is 10.3 Å². The Morgan fingerprint density at radius 2 is 1.70 bits per heavy atom. The van der Waals surface area contributed by atoms with Gasteiger partial charge in [-0.3, -0.25) is 9.78 Å². The van der Waals surface area contributed by atoms with Crippen LogP contribution in [0.15, 0.2) is 36.4 Å². The van der Waals surface area contributed by atoms with Crippen LogP contribution in [0.5, 0.6) is 0 Å². The Kier molecular flexibility index (Phi) is 5.11. The fourth-order valence-electron chi connectivity index (χ4n) is 2.37. The van der Waals surface area contributed by atoms with Gasteiger partial charge in [-0.25, -0.2) is 4.79 Å². The van der Waals surface area contributed by atoms with E-state index in [0.29, 0.717) is 22.5 Å². The molecule has 120 valence electrons. The standard InChI is InChI=1S/C18H20N2O3/c1-11(14-8-6-5-7-9-14)20-17(21)15-10-16(18(22)23-4)13(3)19-12(15)2/h5-11H,1-4H3,(H,20,21)/t11-/m0/s1. The van der Waals surface area contributed by atoms with Gasteiger partial charge in [0.1, 0.15) is 0 Å². The number of nitrogens with zero attached hydrogens (tertiary/aromatic N) is 1. The molecular formula is C18H20N2O3. The monoisotopic (exact) mass is 312 g/mol. The summed E-state index contributed by atoms with van der Waals surface area (Å²) in [5.74, 6) is -0.767. The van der Waals surface area contributed by atoms with Crippen LogP contribution in [-0.2, 0) is 4.74 Å². The molecule has 0 fully saturated rings. The Bertz CT molecular complexity index is 727. The largest absolute Gasteiger partial charge is 0.465 e. The number of carbonyl (C=O) groups is 2. The lowest BCUT2D eigenvalue weighted by Crippen LogP contribution is -2.28. The van der Waals surface area contributed by atoms with Gasteiger partial charge in [-0.1, -0.05) is 30.3 Å². The number of aryl methyl sites for hydroxylation is 2. The van der Waals surface area contributed by atoms with Crippen molar-refractivity contribution in [2.45, 2.75) is 26.8 Å². The molecule has 1 heterocycles. The van der Waals surface area contributed by atoms with Gasteiger partial charge < -0.3 is 10.1 Å². The minimum atomic E-state index is -0.500.